The Hall–Kier alpha value is -2.89. The average molecular weight is 526 g/mol. The normalized spacial score (nSPS) is 19.8. The van der Waals surface area contributed by atoms with Crippen LogP contribution in [-0.2, 0) is 26.2 Å². The predicted molar refractivity (Wildman–Crippen MR) is 110 cm³/mol. The topological polar surface area (TPSA) is 104 Å². The van der Waals surface area contributed by atoms with Gasteiger partial charge in [-0.1, -0.05) is 24.3 Å². The van der Waals surface area contributed by atoms with Gasteiger partial charge in [-0.3, -0.25) is 0 Å². The summed E-state index contributed by atoms with van der Waals surface area (Å²) in [6, 6.07) is 1.78. The maximum Gasteiger partial charge on any atom is 0.420 e. The molecule has 1 aliphatic carbocycles. The number of nitriles is 1. The minimum atomic E-state index is -5.79. The zero-order valence-electron chi connectivity index (χ0n) is 17.2. The largest absolute Gasteiger partial charge is 0.420 e. The first-order chi connectivity index (χ1) is 15.7. The molecule has 0 bridgehead atoms. The van der Waals surface area contributed by atoms with E-state index in [9.17, 15) is 43.2 Å². The molecule has 0 saturated heterocycles. The van der Waals surface area contributed by atoms with E-state index in [0.717, 1.165) is 35.4 Å². The Kier molecular flexibility index (Phi) is 8.18. The number of sulfonamides is 2. The summed E-state index contributed by atoms with van der Waals surface area (Å²) >= 11 is 0. The molecule has 0 spiro atoms. The number of halogens is 6. The average Bonchev–Trinajstić information content (AvgIpc) is 2.82. The van der Waals surface area contributed by atoms with Crippen molar-refractivity contribution in [3.05, 3.63) is 69.4 Å². The monoisotopic (exact) mass is 526 g/mol. The summed E-state index contributed by atoms with van der Waals surface area (Å²) in [5.74, 6) is -7.79. The minimum absolute atomic E-state index is 0.0590. The first-order valence-electron chi connectivity index (χ1n) is 9.34. The van der Waals surface area contributed by atoms with Crippen molar-refractivity contribution >= 4 is 26.1 Å². The zero-order valence-corrected chi connectivity index (χ0v) is 18.9. The molecule has 0 aromatic heterocycles. The summed E-state index contributed by atoms with van der Waals surface area (Å²) in [5.41, 5.74) is -3.96. The summed E-state index contributed by atoms with van der Waals surface area (Å²) in [4.78, 5) is -2.93. The molecule has 6 nitrogen and oxygen atoms in total. The molecule has 1 aromatic carbocycles. The first-order valence-corrected chi connectivity index (χ1v) is 12.3. The highest BCUT2D eigenvalue weighted by Crippen LogP contribution is 2.39. The number of hydrogen-bond donors (Lipinski definition) is 1. The van der Waals surface area contributed by atoms with Gasteiger partial charge in [0.05, 0.1) is 11.0 Å². The van der Waals surface area contributed by atoms with Gasteiger partial charge in [-0.05, 0) is 38.3 Å². The summed E-state index contributed by atoms with van der Waals surface area (Å²) < 4.78 is 135. The summed E-state index contributed by atoms with van der Waals surface area (Å²) in [7, 11) is -10.9. The van der Waals surface area contributed by atoms with E-state index in [1.807, 2.05) is 0 Å². The lowest BCUT2D eigenvalue weighted by Gasteiger charge is -2.17. The van der Waals surface area contributed by atoms with Gasteiger partial charge in [0, 0.05) is 11.1 Å². The third kappa shape index (κ3) is 5.78. The number of hydrogen-bond acceptors (Lipinski definition) is 5. The van der Waals surface area contributed by atoms with Gasteiger partial charge < -0.3 is 0 Å². The van der Waals surface area contributed by atoms with Crippen LogP contribution in [0.1, 0.15) is 37.3 Å². The molecule has 1 aliphatic rings. The molecule has 0 unspecified atom stereocenters. The van der Waals surface area contributed by atoms with Crippen molar-refractivity contribution in [1.29, 1.82) is 5.26 Å². The molecule has 184 valence electrons. The lowest BCUT2D eigenvalue weighted by atomic mass is 10.0. The van der Waals surface area contributed by atoms with Gasteiger partial charge >= 0.3 is 6.18 Å². The summed E-state index contributed by atoms with van der Waals surface area (Å²) in [5, 5.41) is 9.01. The highest BCUT2D eigenvalue weighted by molar-refractivity contribution is 8.06. The van der Waals surface area contributed by atoms with Crippen LogP contribution in [0.5, 0.6) is 0 Å². The van der Waals surface area contributed by atoms with Gasteiger partial charge in [0.15, 0.2) is 22.3 Å². The van der Waals surface area contributed by atoms with Crippen LogP contribution in [0.2, 0.25) is 0 Å². The van der Waals surface area contributed by atoms with Gasteiger partial charge in [0.1, 0.15) is 5.56 Å². The molecule has 14 heteroatoms. The molecule has 0 radical (unpaired) electrons. The van der Waals surface area contributed by atoms with E-state index in [0.29, 0.717) is 18.9 Å². The van der Waals surface area contributed by atoms with Crippen molar-refractivity contribution in [3.8, 4) is 6.07 Å². The van der Waals surface area contributed by atoms with Crippen molar-refractivity contribution < 1.29 is 43.2 Å². The Bertz CT molecular complexity index is 1370. The molecule has 0 saturated carbocycles. The Balaban J connectivity index is 2.68. The molecule has 1 N–H and O–H groups in total. The molecule has 34 heavy (non-hydrogen) atoms. The smallest absolute Gasteiger partial charge is 0.206 e. The molecule has 0 aliphatic heterocycles. The summed E-state index contributed by atoms with van der Waals surface area (Å²) in [6.07, 6.45) is 0.981. The second-order valence-electron chi connectivity index (χ2n) is 6.79. The van der Waals surface area contributed by atoms with E-state index in [2.05, 4.69) is 0 Å². The SMILES string of the molecule is C/C=C/c1c(F)c(S(=O)(=O)NS(=O)(=O)C2=C/CCC/C=C(C#N)/C=C\2)c(F)c(F)c1C(F)(F)F. The third-order valence-corrected chi connectivity index (χ3v) is 7.98. The van der Waals surface area contributed by atoms with E-state index < -0.39 is 64.6 Å². The van der Waals surface area contributed by atoms with Crippen molar-refractivity contribution in [1.82, 2.24) is 4.13 Å². The van der Waals surface area contributed by atoms with Crippen molar-refractivity contribution in [2.24, 2.45) is 0 Å². The second-order valence-corrected chi connectivity index (χ2v) is 10.3. The molecule has 0 fully saturated rings. The van der Waals surface area contributed by atoms with Crippen LogP contribution in [0.25, 0.3) is 6.08 Å². The van der Waals surface area contributed by atoms with Crippen LogP contribution in [0, 0.1) is 28.8 Å². The van der Waals surface area contributed by atoms with Crippen LogP contribution >= 0.6 is 0 Å². The van der Waals surface area contributed by atoms with Crippen LogP contribution in [0.4, 0.5) is 26.3 Å². The van der Waals surface area contributed by atoms with E-state index in [-0.39, 0.29) is 12.0 Å². The van der Waals surface area contributed by atoms with Gasteiger partial charge in [0.2, 0.25) is 0 Å². The van der Waals surface area contributed by atoms with Crippen LogP contribution in [-0.4, -0.2) is 16.8 Å². The molecule has 1 aromatic rings. The number of alkyl halides is 3. The number of rotatable bonds is 5. The number of nitrogens with one attached hydrogen (secondary N) is 1. The lowest BCUT2D eigenvalue weighted by molar-refractivity contribution is -0.140. The molecular weight excluding hydrogens is 510 g/mol. The number of benzene rings is 1. The third-order valence-electron chi connectivity index (χ3n) is 4.41. The quantitative estimate of drug-likeness (QED) is 0.437. The van der Waals surface area contributed by atoms with E-state index in [1.54, 1.807) is 6.07 Å². The van der Waals surface area contributed by atoms with E-state index in [1.165, 1.54) is 6.08 Å². The fraction of sp³-hybridized carbons (Fsp3) is 0.250. The first kappa shape index (κ1) is 27.4. The van der Waals surface area contributed by atoms with E-state index in [4.69, 9.17) is 5.26 Å². The predicted octanol–water partition coefficient (Wildman–Crippen LogP) is 4.84. The molecule has 0 heterocycles. The molecular formula is C20H16F6N2O4S2. The van der Waals surface area contributed by atoms with Crippen LogP contribution < -0.4 is 4.13 Å². The Morgan fingerprint density at radius 2 is 1.59 bits per heavy atom. The van der Waals surface area contributed by atoms with Crippen LogP contribution in [0.15, 0.2) is 45.8 Å². The second kappa shape index (κ2) is 10.2. The van der Waals surface area contributed by atoms with Crippen molar-refractivity contribution in [3.63, 3.8) is 0 Å². The van der Waals surface area contributed by atoms with Gasteiger partial charge in [-0.2, -0.15) is 18.4 Å². The van der Waals surface area contributed by atoms with Crippen LogP contribution in [0.3, 0.4) is 0 Å². The lowest BCUT2D eigenvalue weighted by Crippen LogP contribution is -2.33. The number of nitrogens with zero attached hydrogens (tertiary/aromatic N) is 1. The Labute approximate surface area is 191 Å². The highest BCUT2D eigenvalue weighted by Gasteiger charge is 2.43. The summed E-state index contributed by atoms with van der Waals surface area (Å²) in [6.45, 7) is 1.11. The van der Waals surface area contributed by atoms with Crippen molar-refractivity contribution in [2.75, 3.05) is 0 Å². The molecule has 2 rings (SSSR count). The van der Waals surface area contributed by atoms with Gasteiger partial charge in [0.25, 0.3) is 20.0 Å². The van der Waals surface area contributed by atoms with E-state index >= 15 is 0 Å². The highest BCUT2D eigenvalue weighted by atomic mass is 32.3. The number of allylic oxidation sites excluding steroid dienone is 6. The minimum Gasteiger partial charge on any atom is -0.206 e. The molecule has 0 atom stereocenters. The maximum atomic E-state index is 14.8. The Morgan fingerprint density at radius 1 is 0.971 bits per heavy atom. The standard InChI is InChI=1S/C20H16F6N2O4S2/c1-2-6-14-15(20(24,25)26)17(22)18(23)19(16(14)21)34(31,32)28-33(29,30)13-8-5-3-4-7-12(11-27)9-10-13/h2,6-10,28H,3-5H2,1H3/b6-2+,10-9-,12-7-,13-8+. The molecule has 0 amide bonds. The van der Waals surface area contributed by atoms with Gasteiger partial charge in [-0.15, -0.1) is 4.13 Å². The van der Waals surface area contributed by atoms with Gasteiger partial charge in [-0.25, -0.2) is 30.0 Å². The zero-order chi connectivity index (χ0) is 25.9. The Morgan fingerprint density at radius 3 is 2.15 bits per heavy atom. The fourth-order valence-corrected chi connectivity index (χ4v) is 6.07. The van der Waals surface area contributed by atoms with Crippen molar-refractivity contribution in [2.45, 2.75) is 37.3 Å². The maximum absolute atomic E-state index is 14.8. The fourth-order valence-electron chi connectivity index (χ4n) is 2.94.